The molecule has 1 nitrogen and oxygen atoms in total. The summed E-state index contributed by atoms with van der Waals surface area (Å²) in [7, 11) is 0. The molecule has 0 aliphatic heterocycles. The molecule has 2 heteroatoms. The van der Waals surface area contributed by atoms with Crippen LogP contribution in [0, 0.1) is 6.08 Å². The standard InChI is InChI=1S/C5H7O.Y/c1-3-4-5(2)6;/h3H,1-2H3;/q-1;. The number of rotatable bonds is 1. The zero-order valence-corrected chi connectivity index (χ0v) is 7.40. The van der Waals surface area contributed by atoms with Gasteiger partial charge in [0.2, 0.25) is 0 Å². The van der Waals surface area contributed by atoms with Crippen molar-refractivity contribution in [3.63, 3.8) is 0 Å². The van der Waals surface area contributed by atoms with Crippen LogP contribution in [0.2, 0.25) is 0 Å². The number of carbonyl (C=O) groups excluding carboxylic acids is 1. The number of allylic oxidation sites excluding steroid dienone is 2. The molecular weight excluding hydrogens is 165 g/mol. The van der Waals surface area contributed by atoms with Gasteiger partial charge in [0, 0.05) is 32.7 Å². The molecule has 0 spiro atoms. The Labute approximate surface area is 69.1 Å². The fourth-order valence-corrected chi connectivity index (χ4v) is 0.203. The third-order valence-corrected chi connectivity index (χ3v) is 0.348. The quantitative estimate of drug-likeness (QED) is 0.425. The third-order valence-electron chi connectivity index (χ3n) is 0.348. The molecule has 0 aliphatic carbocycles. The Morgan fingerprint density at radius 2 is 2.14 bits per heavy atom. The molecule has 37 valence electrons. The molecule has 0 heterocycles. The van der Waals surface area contributed by atoms with Gasteiger partial charge in [-0.05, 0) is 12.7 Å². The molecule has 0 unspecified atom stereocenters. The molecular formula is C5H7OY-. The van der Waals surface area contributed by atoms with Crippen LogP contribution in [0.3, 0.4) is 0 Å². The van der Waals surface area contributed by atoms with Gasteiger partial charge in [0.05, 0.1) is 0 Å². The van der Waals surface area contributed by atoms with E-state index in [1.807, 2.05) is 0 Å². The van der Waals surface area contributed by atoms with Gasteiger partial charge in [-0.15, -0.1) is 0 Å². The molecule has 0 aliphatic rings. The van der Waals surface area contributed by atoms with E-state index in [1.165, 1.54) is 6.92 Å². The number of ketones is 1. The molecule has 7 heavy (non-hydrogen) atoms. The summed E-state index contributed by atoms with van der Waals surface area (Å²) >= 11 is 0. The monoisotopic (exact) mass is 172 g/mol. The molecule has 0 saturated carbocycles. The van der Waals surface area contributed by atoms with Crippen molar-refractivity contribution < 1.29 is 37.5 Å². The van der Waals surface area contributed by atoms with Crippen LogP contribution >= 0.6 is 0 Å². The number of carbonyl (C=O) groups is 1. The van der Waals surface area contributed by atoms with E-state index in [0.29, 0.717) is 0 Å². The molecule has 1 radical (unpaired) electrons. The second kappa shape index (κ2) is 6.51. The summed E-state index contributed by atoms with van der Waals surface area (Å²) in [4.78, 5) is 9.90. The van der Waals surface area contributed by atoms with Crippen molar-refractivity contribution >= 4 is 5.78 Å². The van der Waals surface area contributed by atoms with Gasteiger partial charge in [0.15, 0.2) is 0 Å². The molecule has 0 saturated heterocycles. The van der Waals surface area contributed by atoms with Gasteiger partial charge in [-0.25, -0.2) is 0 Å². The Kier molecular flexibility index (Phi) is 9.76. The topological polar surface area (TPSA) is 17.1 Å². The summed E-state index contributed by atoms with van der Waals surface area (Å²) in [6.07, 6.45) is 4.04. The van der Waals surface area contributed by atoms with E-state index in [1.54, 1.807) is 13.0 Å². The van der Waals surface area contributed by atoms with Crippen LogP contribution in [0.25, 0.3) is 0 Å². The number of Topliss-reactive ketones (excluding diaryl/α,β-unsaturated/α-hetero) is 1. The van der Waals surface area contributed by atoms with Crippen molar-refractivity contribution in [1.29, 1.82) is 0 Å². The third kappa shape index (κ3) is 10.7. The molecule has 0 amide bonds. The Morgan fingerprint density at radius 3 is 2.14 bits per heavy atom. The Balaban J connectivity index is 0. The van der Waals surface area contributed by atoms with Crippen molar-refractivity contribution in [1.82, 2.24) is 0 Å². The van der Waals surface area contributed by atoms with E-state index < -0.39 is 0 Å². The SMILES string of the molecule is CC=[C-]C(C)=O.[Y]. The van der Waals surface area contributed by atoms with Gasteiger partial charge in [-0.3, -0.25) is 6.08 Å². The van der Waals surface area contributed by atoms with Gasteiger partial charge < -0.3 is 10.9 Å². The molecule has 0 rings (SSSR count). The van der Waals surface area contributed by atoms with Crippen LogP contribution in [0.4, 0.5) is 0 Å². The fourth-order valence-electron chi connectivity index (χ4n) is 0.203. The first-order valence-electron chi connectivity index (χ1n) is 1.82. The van der Waals surface area contributed by atoms with Crippen LogP contribution < -0.4 is 0 Å². The first-order valence-corrected chi connectivity index (χ1v) is 1.82. The van der Waals surface area contributed by atoms with E-state index in [0.717, 1.165) is 0 Å². The maximum absolute atomic E-state index is 9.90. The van der Waals surface area contributed by atoms with E-state index in [9.17, 15) is 4.79 Å². The van der Waals surface area contributed by atoms with Crippen LogP contribution in [-0.4, -0.2) is 5.78 Å². The van der Waals surface area contributed by atoms with Crippen molar-refractivity contribution in [3.05, 3.63) is 12.2 Å². The average molecular weight is 172 g/mol. The van der Waals surface area contributed by atoms with Gasteiger partial charge in [-0.1, -0.05) is 6.92 Å². The molecule has 0 aromatic heterocycles. The Bertz CT molecular complexity index is 76.1. The van der Waals surface area contributed by atoms with E-state index in [2.05, 4.69) is 6.08 Å². The zero-order chi connectivity index (χ0) is 4.99. The maximum Gasteiger partial charge on any atom is 0 e. The molecule has 0 bridgehead atoms. The summed E-state index contributed by atoms with van der Waals surface area (Å²) in [5.41, 5.74) is 0. The predicted molar refractivity (Wildman–Crippen MR) is 24.2 cm³/mol. The van der Waals surface area contributed by atoms with E-state index in [4.69, 9.17) is 0 Å². The van der Waals surface area contributed by atoms with Crippen LogP contribution in [0.5, 0.6) is 0 Å². The van der Waals surface area contributed by atoms with E-state index in [-0.39, 0.29) is 38.5 Å². The minimum Gasteiger partial charge on any atom is -0.432 e. The minimum atomic E-state index is -0.0162. The molecule has 0 aromatic rings. The van der Waals surface area contributed by atoms with Crippen LogP contribution in [-0.2, 0) is 37.5 Å². The number of hydrogen-bond donors (Lipinski definition) is 0. The van der Waals surface area contributed by atoms with Gasteiger partial charge in [0.1, 0.15) is 0 Å². The number of hydrogen-bond acceptors (Lipinski definition) is 1. The zero-order valence-electron chi connectivity index (χ0n) is 4.56. The minimum absolute atomic E-state index is 0. The fraction of sp³-hybridized carbons (Fsp3) is 0.400. The van der Waals surface area contributed by atoms with E-state index >= 15 is 0 Å². The smallest absolute Gasteiger partial charge is 0 e. The van der Waals surface area contributed by atoms with Crippen LogP contribution in [0.1, 0.15) is 13.8 Å². The van der Waals surface area contributed by atoms with Crippen molar-refractivity contribution in [3.8, 4) is 0 Å². The van der Waals surface area contributed by atoms with Crippen molar-refractivity contribution in [2.45, 2.75) is 13.8 Å². The second-order valence-electron chi connectivity index (χ2n) is 0.989. The first kappa shape index (κ1) is 10.5. The van der Waals surface area contributed by atoms with Gasteiger partial charge >= 0.3 is 0 Å². The van der Waals surface area contributed by atoms with Crippen molar-refractivity contribution in [2.24, 2.45) is 0 Å². The molecule has 0 atom stereocenters. The summed E-state index contributed by atoms with van der Waals surface area (Å²) < 4.78 is 0. The summed E-state index contributed by atoms with van der Waals surface area (Å²) in [6, 6.07) is 0. The second-order valence-corrected chi connectivity index (χ2v) is 0.989. The largest absolute Gasteiger partial charge is 0.432 e. The average Bonchev–Trinajstić information content (AvgIpc) is 1.35. The molecule has 0 fully saturated rings. The molecule has 0 aromatic carbocycles. The van der Waals surface area contributed by atoms with Crippen molar-refractivity contribution in [2.75, 3.05) is 0 Å². The first-order chi connectivity index (χ1) is 2.77. The summed E-state index contributed by atoms with van der Waals surface area (Å²) in [5, 5.41) is 0. The molecule has 0 N–H and O–H groups in total. The summed E-state index contributed by atoms with van der Waals surface area (Å²) in [5.74, 6) is -0.0162. The van der Waals surface area contributed by atoms with Gasteiger partial charge in [-0.2, -0.15) is 0 Å². The predicted octanol–water partition coefficient (Wildman–Crippen LogP) is 0.952. The Morgan fingerprint density at radius 1 is 1.71 bits per heavy atom. The summed E-state index contributed by atoms with van der Waals surface area (Å²) in [6.45, 7) is 3.24. The normalized spacial score (nSPS) is 8.29. The van der Waals surface area contributed by atoms with Crippen LogP contribution in [0.15, 0.2) is 6.08 Å². The maximum atomic E-state index is 9.90. The Hall–Kier alpha value is 0.514. The van der Waals surface area contributed by atoms with Gasteiger partial charge in [0.25, 0.3) is 0 Å².